The molecule has 1 aromatic heterocycles. The maximum Gasteiger partial charge on any atom is 0.574 e. The van der Waals surface area contributed by atoms with Gasteiger partial charge in [0.1, 0.15) is 10.4 Å². The van der Waals surface area contributed by atoms with Crippen molar-refractivity contribution in [2.75, 3.05) is 6.61 Å². The van der Waals surface area contributed by atoms with Gasteiger partial charge in [-0.25, -0.2) is 14.2 Å². The molecule has 0 aliphatic rings. The summed E-state index contributed by atoms with van der Waals surface area (Å²) >= 11 is 1.52. The van der Waals surface area contributed by atoms with Gasteiger partial charge in [-0.15, -0.1) is 13.2 Å². The fraction of sp³-hybridized carbons (Fsp3) is 0.400. The summed E-state index contributed by atoms with van der Waals surface area (Å²) in [6.07, 6.45) is -4.94. The van der Waals surface area contributed by atoms with E-state index in [0.29, 0.717) is 0 Å². The maximum absolute atomic E-state index is 12.8. The molecule has 0 aliphatic carbocycles. The SMILES string of the molecule is CCOC(=O)c1c(CF)cc(OC(F)(F)F)nc1I. The molecule has 0 saturated heterocycles. The standard InChI is InChI=1S/C10H8F4INO3/c1-2-18-9(17)7-5(4-11)3-6(16-8(7)15)19-10(12,13)14/h3H,2,4H2,1H3. The molecular formula is C10H8F4INO3. The number of ether oxygens (including phenoxy) is 2. The molecule has 0 radical (unpaired) electrons. The molecule has 106 valence electrons. The van der Waals surface area contributed by atoms with Crippen LogP contribution in [0.3, 0.4) is 0 Å². The van der Waals surface area contributed by atoms with Crippen LogP contribution < -0.4 is 4.74 Å². The quantitative estimate of drug-likeness (QED) is 0.341. The van der Waals surface area contributed by atoms with Gasteiger partial charge in [0.2, 0.25) is 5.88 Å². The summed E-state index contributed by atoms with van der Waals surface area (Å²) in [5, 5.41) is 0. The van der Waals surface area contributed by atoms with Gasteiger partial charge in [-0.05, 0) is 29.5 Å². The van der Waals surface area contributed by atoms with Crippen molar-refractivity contribution < 1.29 is 31.8 Å². The smallest absolute Gasteiger partial charge is 0.462 e. The fourth-order valence-corrected chi connectivity index (χ4v) is 2.04. The van der Waals surface area contributed by atoms with Crippen LogP contribution in [0.1, 0.15) is 22.8 Å². The molecule has 9 heteroatoms. The van der Waals surface area contributed by atoms with Crippen LogP contribution in [0.25, 0.3) is 0 Å². The Morgan fingerprint density at radius 2 is 2.11 bits per heavy atom. The molecule has 1 rings (SSSR count). The molecule has 4 nitrogen and oxygen atoms in total. The predicted octanol–water partition coefficient (Wildman–Crippen LogP) is 3.23. The predicted molar refractivity (Wildman–Crippen MR) is 64.4 cm³/mol. The minimum atomic E-state index is -4.94. The lowest BCUT2D eigenvalue weighted by Gasteiger charge is -2.12. The van der Waals surface area contributed by atoms with Crippen molar-refractivity contribution in [3.05, 3.63) is 20.9 Å². The summed E-state index contributed by atoms with van der Waals surface area (Å²) in [7, 11) is 0. The summed E-state index contributed by atoms with van der Waals surface area (Å²) in [4.78, 5) is 15.0. The Morgan fingerprint density at radius 1 is 1.47 bits per heavy atom. The lowest BCUT2D eigenvalue weighted by atomic mass is 10.1. The van der Waals surface area contributed by atoms with E-state index in [1.165, 1.54) is 22.6 Å². The largest absolute Gasteiger partial charge is 0.574 e. The highest BCUT2D eigenvalue weighted by atomic mass is 127. The zero-order chi connectivity index (χ0) is 14.6. The summed E-state index contributed by atoms with van der Waals surface area (Å²) < 4.78 is 57.1. The molecule has 19 heavy (non-hydrogen) atoms. The third-order valence-electron chi connectivity index (χ3n) is 1.88. The second kappa shape index (κ2) is 6.35. The van der Waals surface area contributed by atoms with Crippen molar-refractivity contribution in [1.82, 2.24) is 4.98 Å². The van der Waals surface area contributed by atoms with Crippen LogP contribution in [0.5, 0.6) is 5.88 Å². The van der Waals surface area contributed by atoms with E-state index in [2.05, 4.69) is 14.5 Å². The molecule has 1 aromatic rings. The number of pyridine rings is 1. The first-order valence-electron chi connectivity index (χ1n) is 4.96. The second-order valence-electron chi connectivity index (χ2n) is 3.19. The van der Waals surface area contributed by atoms with Crippen molar-refractivity contribution >= 4 is 28.6 Å². The zero-order valence-corrected chi connectivity index (χ0v) is 11.7. The molecule has 0 spiro atoms. The van der Waals surface area contributed by atoms with E-state index >= 15 is 0 Å². The van der Waals surface area contributed by atoms with E-state index in [1.54, 1.807) is 6.92 Å². The van der Waals surface area contributed by atoms with Crippen molar-refractivity contribution in [3.8, 4) is 5.88 Å². The van der Waals surface area contributed by atoms with Gasteiger partial charge in [-0.2, -0.15) is 0 Å². The Labute approximate surface area is 119 Å². The van der Waals surface area contributed by atoms with Crippen LogP contribution in [-0.2, 0) is 11.4 Å². The molecule has 0 fully saturated rings. The highest BCUT2D eigenvalue weighted by Gasteiger charge is 2.33. The number of hydrogen-bond donors (Lipinski definition) is 0. The Bertz CT molecular complexity index is 479. The van der Waals surface area contributed by atoms with E-state index in [9.17, 15) is 22.4 Å². The molecule has 0 atom stereocenters. The van der Waals surface area contributed by atoms with E-state index < -0.39 is 24.9 Å². The molecule has 0 aromatic carbocycles. The monoisotopic (exact) mass is 393 g/mol. The van der Waals surface area contributed by atoms with Crippen LogP contribution in [0.2, 0.25) is 0 Å². The third-order valence-corrected chi connectivity index (χ3v) is 2.66. The van der Waals surface area contributed by atoms with E-state index in [1.807, 2.05) is 0 Å². The fourth-order valence-electron chi connectivity index (χ4n) is 1.23. The van der Waals surface area contributed by atoms with Gasteiger partial charge in [0.25, 0.3) is 0 Å². The molecule has 0 aliphatic heterocycles. The first-order valence-corrected chi connectivity index (χ1v) is 6.04. The molecule has 1 heterocycles. The maximum atomic E-state index is 12.8. The number of nitrogens with zero attached hydrogens (tertiary/aromatic N) is 1. The number of aromatic nitrogens is 1. The van der Waals surface area contributed by atoms with Crippen molar-refractivity contribution in [3.63, 3.8) is 0 Å². The highest BCUT2D eigenvalue weighted by Crippen LogP contribution is 2.26. The van der Waals surface area contributed by atoms with Crippen LogP contribution in [0, 0.1) is 3.70 Å². The zero-order valence-electron chi connectivity index (χ0n) is 9.55. The van der Waals surface area contributed by atoms with Crippen molar-refractivity contribution in [2.45, 2.75) is 20.0 Å². The lowest BCUT2D eigenvalue weighted by Crippen LogP contribution is -2.19. The normalized spacial score (nSPS) is 11.3. The number of rotatable bonds is 4. The summed E-state index contributed by atoms with van der Waals surface area (Å²) in [5.41, 5.74) is -0.462. The van der Waals surface area contributed by atoms with E-state index in [4.69, 9.17) is 0 Å². The average molecular weight is 393 g/mol. The van der Waals surface area contributed by atoms with Gasteiger partial charge < -0.3 is 9.47 Å². The van der Waals surface area contributed by atoms with Gasteiger partial charge in [0.05, 0.1) is 12.2 Å². The lowest BCUT2D eigenvalue weighted by molar-refractivity contribution is -0.276. The Balaban J connectivity index is 3.18. The number of hydrogen-bond acceptors (Lipinski definition) is 4. The highest BCUT2D eigenvalue weighted by molar-refractivity contribution is 14.1. The topological polar surface area (TPSA) is 48.4 Å². The van der Waals surface area contributed by atoms with E-state index in [0.717, 1.165) is 6.07 Å². The Kier molecular flexibility index (Phi) is 5.32. The molecule has 0 bridgehead atoms. The third kappa shape index (κ3) is 4.48. The number of carbonyl (C=O) groups is 1. The van der Waals surface area contributed by atoms with Gasteiger partial charge in [0.15, 0.2) is 0 Å². The second-order valence-corrected chi connectivity index (χ2v) is 4.21. The summed E-state index contributed by atoms with van der Waals surface area (Å²) in [6, 6.07) is 0.724. The van der Waals surface area contributed by atoms with E-state index in [-0.39, 0.29) is 21.4 Å². The van der Waals surface area contributed by atoms with Crippen LogP contribution in [0.15, 0.2) is 6.07 Å². The molecule has 0 unspecified atom stereocenters. The van der Waals surface area contributed by atoms with Crippen molar-refractivity contribution in [2.24, 2.45) is 0 Å². The van der Waals surface area contributed by atoms with Gasteiger partial charge >= 0.3 is 12.3 Å². The number of halogens is 5. The molecule has 0 amide bonds. The molecule has 0 N–H and O–H groups in total. The number of carbonyl (C=O) groups excluding carboxylic acids is 1. The minimum Gasteiger partial charge on any atom is -0.462 e. The number of alkyl halides is 4. The summed E-state index contributed by atoms with van der Waals surface area (Å²) in [5.74, 6) is -1.66. The van der Waals surface area contributed by atoms with Crippen LogP contribution in [-0.4, -0.2) is 23.9 Å². The number of esters is 1. The Hall–Kier alpha value is -1.13. The molecule has 0 saturated carbocycles. The first-order chi connectivity index (χ1) is 8.78. The minimum absolute atomic E-state index is 0.0570. The van der Waals surface area contributed by atoms with Gasteiger partial charge in [-0.1, -0.05) is 0 Å². The molecular weight excluding hydrogens is 385 g/mol. The van der Waals surface area contributed by atoms with Crippen LogP contribution in [0.4, 0.5) is 17.6 Å². The first kappa shape index (κ1) is 15.9. The van der Waals surface area contributed by atoms with Gasteiger partial charge in [-0.3, -0.25) is 0 Å². The Morgan fingerprint density at radius 3 is 2.58 bits per heavy atom. The van der Waals surface area contributed by atoms with Gasteiger partial charge in [0, 0.05) is 11.6 Å². The van der Waals surface area contributed by atoms with Crippen LogP contribution >= 0.6 is 22.6 Å². The average Bonchev–Trinajstić information content (AvgIpc) is 2.25. The van der Waals surface area contributed by atoms with Crippen molar-refractivity contribution in [1.29, 1.82) is 0 Å². The summed E-state index contributed by atoms with van der Waals surface area (Å²) in [6.45, 7) is 0.469.